The molecule has 2 amide bonds. The summed E-state index contributed by atoms with van der Waals surface area (Å²) in [6, 6.07) is 4.36. The van der Waals surface area contributed by atoms with E-state index in [0.29, 0.717) is 58.4 Å². The van der Waals surface area contributed by atoms with Gasteiger partial charge < -0.3 is 20.4 Å². The molecule has 3 fully saturated rings. The lowest BCUT2D eigenvalue weighted by Gasteiger charge is -2.48. The molecule has 0 saturated carbocycles. The number of nitrogens with one attached hydrogen (secondary N) is 3. The summed E-state index contributed by atoms with van der Waals surface area (Å²) < 4.78 is 33.4. The first-order valence-corrected chi connectivity index (χ1v) is 14.6. The second-order valence-corrected chi connectivity index (χ2v) is 11.9. The summed E-state index contributed by atoms with van der Waals surface area (Å²) in [7, 11) is 1.80. The molecule has 1 aromatic heterocycles. The third kappa shape index (κ3) is 5.94. The lowest BCUT2D eigenvalue weighted by atomic mass is 9.79. The monoisotopic (exact) mass is 668 g/mol. The second kappa shape index (κ2) is 11.6. The Morgan fingerprint density at radius 2 is 1.77 bits per heavy atom. The van der Waals surface area contributed by atoms with Crippen LogP contribution in [-0.2, 0) is 16.1 Å². The van der Waals surface area contributed by atoms with Crippen LogP contribution in [0.15, 0.2) is 24.5 Å². The van der Waals surface area contributed by atoms with E-state index >= 15 is 8.78 Å². The van der Waals surface area contributed by atoms with Crippen LogP contribution in [0.1, 0.15) is 38.2 Å². The number of hydrogen-bond acceptors (Lipinski definition) is 8. The number of piperidine rings is 2. The second-order valence-electron chi connectivity index (χ2n) is 11.3. The molecule has 1 spiro atoms. The Labute approximate surface area is 246 Å². The van der Waals surface area contributed by atoms with Crippen LogP contribution < -0.4 is 24.0 Å². The average Bonchev–Trinajstić information content (AvgIpc) is 2.95. The average molecular weight is 669 g/mol. The van der Waals surface area contributed by atoms with Gasteiger partial charge in [0, 0.05) is 56.3 Å². The number of nitrogens with zero attached hydrogens (tertiary/aromatic N) is 5. The van der Waals surface area contributed by atoms with Crippen molar-refractivity contribution in [3.63, 3.8) is 0 Å². The van der Waals surface area contributed by atoms with Crippen molar-refractivity contribution >= 4 is 52.0 Å². The third-order valence-corrected chi connectivity index (χ3v) is 9.12. The summed E-state index contributed by atoms with van der Waals surface area (Å²) in [5.41, 5.74) is -0.593. The number of amides is 2. The molecule has 5 rings (SSSR count). The summed E-state index contributed by atoms with van der Waals surface area (Å²) >= 11 is 1.86. The third-order valence-electron chi connectivity index (χ3n) is 8.63. The molecular weight excluding hydrogens is 633 g/mol. The number of piperazine rings is 1. The van der Waals surface area contributed by atoms with Crippen LogP contribution in [0.25, 0.3) is 0 Å². The zero-order chi connectivity index (χ0) is 28.5. The standard InChI is InChI=1S/C27H35F2IN8O2/c1-26(25(40)35-30)3-7-36(8-4-26)14-18-11-20(29)21(12-19(18)28)38-15-24(39)34-27(16-38)5-9-37(10-6-27)23-13-22(31-2)32-17-33-23/h11-13,17H,3-10,14-16H2,1-2H3,(H,34,39)(H,35,40)(H,31,32,33). The van der Waals surface area contributed by atoms with Crippen molar-refractivity contribution < 1.29 is 18.4 Å². The molecule has 0 atom stereocenters. The van der Waals surface area contributed by atoms with Gasteiger partial charge in [-0.05, 0) is 44.8 Å². The topological polar surface area (TPSA) is 106 Å². The van der Waals surface area contributed by atoms with E-state index in [1.165, 1.54) is 18.5 Å². The predicted octanol–water partition coefficient (Wildman–Crippen LogP) is 2.84. The fourth-order valence-electron chi connectivity index (χ4n) is 5.97. The van der Waals surface area contributed by atoms with Gasteiger partial charge in [0.2, 0.25) is 11.8 Å². The van der Waals surface area contributed by atoms with E-state index in [4.69, 9.17) is 0 Å². The van der Waals surface area contributed by atoms with E-state index in [9.17, 15) is 9.59 Å². The molecule has 3 aliphatic heterocycles. The lowest BCUT2D eigenvalue weighted by molar-refractivity contribution is -0.130. The van der Waals surface area contributed by atoms with Gasteiger partial charge in [0.05, 0.1) is 40.6 Å². The van der Waals surface area contributed by atoms with Crippen molar-refractivity contribution in [3.05, 3.63) is 41.7 Å². The predicted molar refractivity (Wildman–Crippen MR) is 157 cm³/mol. The molecule has 3 aliphatic rings. The van der Waals surface area contributed by atoms with Gasteiger partial charge in [0.15, 0.2) is 0 Å². The maximum Gasteiger partial charge on any atom is 0.240 e. The highest BCUT2D eigenvalue weighted by molar-refractivity contribution is 14.1. The quantitative estimate of drug-likeness (QED) is 0.319. The highest BCUT2D eigenvalue weighted by Gasteiger charge is 2.42. The number of carbonyl (C=O) groups excluding carboxylic acids is 2. The maximum absolute atomic E-state index is 15.4. The minimum absolute atomic E-state index is 0.000283. The Balaban J connectivity index is 1.25. The summed E-state index contributed by atoms with van der Waals surface area (Å²) in [5, 5.41) is 6.15. The van der Waals surface area contributed by atoms with Crippen molar-refractivity contribution in [2.45, 2.75) is 44.7 Å². The Bertz CT molecular complexity index is 1270. The first kappa shape index (κ1) is 28.7. The van der Waals surface area contributed by atoms with Crippen molar-refractivity contribution in [3.8, 4) is 0 Å². The molecule has 10 nitrogen and oxygen atoms in total. The summed E-state index contributed by atoms with van der Waals surface area (Å²) in [4.78, 5) is 39.3. The number of rotatable bonds is 6. The van der Waals surface area contributed by atoms with Gasteiger partial charge in [-0.1, -0.05) is 6.92 Å². The van der Waals surface area contributed by atoms with E-state index in [-0.39, 0.29) is 36.2 Å². The van der Waals surface area contributed by atoms with Crippen molar-refractivity contribution in [2.75, 3.05) is 61.4 Å². The first-order valence-electron chi connectivity index (χ1n) is 13.6. The van der Waals surface area contributed by atoms with E-state index in [1.807, 2.05) is 40.8 Å². The van der Waals surface area contributed by atoms with Gasteiger partial charge >= 0.3 is 0 Å². The zero-order valence-corrected chi connectivity index (χ0v) is 24.9. The number of benzene rings is 1. The van der Waals surface area contributed by atoms with Crippen LogP contribution in [-0.4, -0.2) is 78.5 Å². The van der Waals surface area contributed by atoms with Crippen LogP contribution in [0.5, 0.6) is 0 Å². The molecule has 0 aliphatic carbocycles. The van der Waals surface area contributed by atoms with Gasteiger partial charge in [-0.2, -0.15) is 0 Å². The van der Waals surface area contributed by atoms with Gasteiger partial charge in [-0.3, -0.25) is 18.0 Å². The fraction of sp³-hybridized carbons (Fsp3) is 0.556. The molecule has 3 saturated heterocycles. The van der Waals surface area contributed by atoms with E-state index < -0.39 is 22.6 Å². The largest absolute Gasteiger partial charge is 0.373 e. The number of likely N-dealkylation sites (tertiary alicyclic amines) is 1. The maximum atomic E-state index is 15.4. The number of carbonyl (C=O) groups is 2. The molecule has 13 heteroatoms. The molecule has 216 valence electrons. The number of hydrogen-bond donors (Lipinski definition) is 3. The van der Waals surface area contributed by atoms with E-state index in [2.05, 4.69) is 29.0 Å². The molecule has 0 bridgehead atoms. The van der Waals surface area contributed by atoms with Crippen molar-refractivity contribution in [1.82, 2.24) is 23.7 Å². The summed E-state index contributed by atoms with van der Waals surface area (Å²) in [6.45, 7) is 5.16. The first-order chi connectivity index (χ1) is 19.1. The smallest absolute Gasteiger partial charge is 0.240 e. The zero-order valence-electron chi connectivity index (χ0n) is 22.8. The van der Waals surface area contributed by atoms with Crippen LogP contribution in [0.3, 0.4) is 0 Å². The highest BCUT2D eigenvalue weighted by atomic mass is 127. The summed E-state index contributed by atoms with van der Waals surface area (Å²) in [6.07, 6.45) is 4.13. The van der Waals surface area contributed by atoms with Crippen LogP contribution in [0.2, 0.25) is 0 Å². The van der Waals surface area contributed by atoms with Crippen molar-refractivity contribution in [1.29, 1.82) is 0 Å². The summed E-state index contributed by atoms with van der Waals surface area (Å²) in [5.74, 6) is 0.309. The molecule has 4 heterocycles. The van der Waals surface area contributed by atoms with Crippen LogP contribution in [0.4, 0.5) is 26.1 Å². The molecule has 1 aromatic carbocycles. The molecule has 0 radical (unpaired) electrons. The Morgan fingerprint density at radius 1 is 1.05 bits per heavy atom. The van der Waals surface area contributed by atoms with Gasteiger partial charge in [0.25, 0.3) is 0 Å². The molecule has 0 unspecified atom stereocenters. The lowest BCUT2D eigenvalue weighted by Crippen LogP contribution is -2.66. The number of aromatic nitrogens is 2. The van der Waals surface area contributed by atoms with Gasteiger partial charge in [0.1, 0.15) is 29.6 Å². The van der Waals surface area contributed by atoms with Crippen LogP contribution >= 0.6 is 22.9 Å². The molecule has 3 N–H and O–H groups in total. The molecular formula is C27H35F2IN8O2. The Hall–Kier alpha value is -2.81. The number of halogens is 3. The van der Waals surface area contributed by atoms with Crippen molar-refractivity contribution in [2.24, 2.45) is 5.41 Å². The van der Waals surface area contributed by atoms with Gasteiger partial charge in [-0.15, -0.1) is 0 Å². The Kier molecular flexibility index (Phi) is 8.32. The van der Waals surface area contributed by atoms with Gasteiger partial charge in [-0.25, -0.2) is 18.7 Å². The minimum Gasteiger partial charge on any atom is -0.373 e. The molecule has 2 aromatic rings. The molecule has 40 heavy (non-hydrogen) atoms. The SMILES string of the molecule is CNc1cc(N2CCC3(CC2)CN(c2cc(F)c(CN4CCC(C)(C(=O)NI)CC4)cc2F)CC(=O)N3)ncn1. The number of anilines is 3. The van der Waals surface area contributed by atoms with E-state index in [0.717, 1.165) is 11.6 Å². The van der Waals surface area contributed by atoms with Crippen LogP contribution in [0, 0.1) is 17.0 Å². The highest BCUT2D eigenvalue weighted by Crippen LogP contribution is 2.35. The normalized spacial score (nSPS) is 20.8. The Morgan fingerprint density at radius 3 is 2.45 bits per heavy atom. The minimum atomic E-state index is -0.537. The fourth-order valence-corrected chi connectivity index (χ4v) is 6.62. The van der Waals surface area contributed by atoms with E-state index in [1.54, 1.807) is 11.9 Å².